The lowest BCUT2D eigenvalue weighted by atomic mass is 9.85. The number of furan rings is 1. The molecule has 0 saturated heterocycles. The average Bonchev–Trinajstić information content (AvgIpc) is 3.77. The van der Waals surface area contributed by atoms with Crippen LogP contribution in [0.4, 0.5) is 0 Å². The molecule has 3 heterocycles. The van der Waals surface area contributed by atoms with Crippen LogP contribution < -0.4 is 0 Å². The largest absolute Gasteiger partial charge is 0.456 e. The minimum atomic E-state index is -0.364. The summed E-state index contributed by atoms with van der Waals surface area (Å²) < 4.78 is 11.1. The van der Waals surface area contributed by atoms with Gasteiger partial charge in [-0.05, 0) is 84.2 Å². The highest BCUT2D eigenvalue weighted by atomic mass is 16.3. The van der Waals surface area contributed by atoms with Crippen molar-refractivity contribution in [3.63, 3.8) is 0 Å². The molecular formula is C47H44N4O. The van der Waals surface area contributed by atoms with Crippen LogP contribution in [0.5, 0.6) is 0 Å². The van der Waals surface area contributed by atoms with Crippen molar-refractivity contribution in [2.45, 2.75) is 84.7 Å². The van der Waals surface area contributed by atoms with Gasteiger partial charge in [-0.25, -0.2) is 0 Å². The number of allylic oxidation sites excluding steroid dienone is 4. The number of rotatable bonds is 5. The number of nitrogens with zero attached hydrogens (tertiary/aromatic N) is 4. The van der Waals surface area contributed by atoms with Gasteiger partial charge in [0, 0.05) is 61.5 Å². The molecule has 1 atom stereocenters. The second kappa shape index (κ2) is 12.2. The van der Waals surface area contributed by atoms with Crippen molar-refractivity contribution in [1.29, 1.82) is 10.5 Å². The van der Waals surface area contributed by atoms with E-state index in [9.17, 15) is 10.5 Å². The maximum Gasteiger partial charge on any atom is 0.141 e. The third kappa shape index (κ3) is 5.27. The Morgan fingerprint density at radius 1 is 0.750 bits per heavy atom. The molecular weight excluding hydrogens is 637 g/mol. The lowest BCUT2D eigenvalue weighted by molar-refractivity contribution is 0.590. The molecule has 7 aromatic rings. The maximum atomic E-state index is 10.7. The minimum absolute atomic E-state index is 0.00893. The summed E-state index contributed by atoms with van der Waals surface area (Å²) in [6, 6.07) is 34.7. The van der Waals surface area contributed by atoms with Crippen LogP contribution in [0.2, 0.25) is 0 Å². The highest BCUT2D eigenvalue weighted by Gasteiger charge is 2.29. The van der Waals surface area contributed by atoms with E-state index in [2.05, 4.69) is 136 Å². The molecule has 0 aliphatic heterocycles. The zero-order valence-corrected chi connectivity index (χ0v) is 31.1. The summed E-state index contributed by atoms with van der Waals surface area (Å²) in [5.74, 6) is 0.968. The standard InChI is InChI=1S/C47H44N4O/c1-29(51-40-21-18-31(46(2,3)4)25-36(40)37-26-32(47(5,6)7)19-22-41(37)51)38(28-49)30(27-48)13-12-24-50-39-16-10-8-15-35(39)44-42(50)23-20-34-33-14-9-11-17-43(33)52-45(34)44/h8-19,21-22,25-26,29H,20,23-24H2,1-7H3/b13-12-,38-30+. The Morgan fingerprint density at radius 2 is 1.37 bits per heavy atom. The fourth-order valence-corrected chi connectivity index (χ4v) is 8.25. The van der Waals surface area contributed by atoms with Crippen LogP contribution in [-0.2, 0) is 30.2 Å². The molecule has 1 unspecified atom stereocenters. The zero-order valence-electron chi connectivity index (χ0n) is 31.1. The number of hydrogen-bond donors (Lipinski definition) is 0. The molecule has 1 aliphatic carbocycles. The van der Waals surface area contributed by atoms with E-state index in [1.165, 1.54) is 49.5 Å². The van der Waals surface area contributed by atoms with E-state index in [1.807, 2.05) is 31.2 Å². The van der Waals surface area contributed by atoms with Gasteiger partial charge in [0.1, 0.15) is 17.4 Å². The van der Waals surface area contributed by atoms with E-state index >= 15 is 0 Å². The number of aromatic nitrogens is 2. The van der Waals surface area contributed by atoms with Crippen LogP contribution >= 0.6 is 0 Å². The first kappa shape index (κ1) is 33.4. The lowest BCUT2D eigenvalue weighted by Crippen LogP contribution is -2.12. The molecule has 0 amide bonds. The number of fused-ring (bicyclic) bond motifs is 10. The van der Waals surface area contributed by atoms with Crippen LogP contribution in [-0.4, -0.2) is 9.13 Å². The Morgan fingerprint density at radius 3 is 1.98 bits per heavy atom. The van der Waals surface area contributed by atoms with E-state index in [0.717, 1.165) is 40.7 Å². The van der Waals surface area contributed by atoms with Gasteiger partial charge in [-0.2, -0.15) is 10.5 Å². The van der Waals surface area contributed by atoms with Gasteiger partial charge in [0.05, 0.1) is 23.3 Å². The van der Waals surface area contributed by atoms with Gasteiger partial charge in [-0.15, -0.1) is 0 Å². The van der Waals surface area contributed by atoms with Crippen LogP contribution in [0.1, 0.15) is 76.9 Å². The number of benzene rings is 4. The van der Waals surface area contributed by atoms with Gasteiger partial charge < -0.3 is 13.6 Å². The van der Waals surface area contributed by atoms with E-state index in [1.54, 1.807) is 0 Å². The summed E-state index contributed by atoms with van der Waals surface area (Å²) in [4.78, 5) is 0. The molecule has 0 radical (unpaired) electrons. The fourth-order valence-electron chi connectivity index (χ4n) is 8.25. The van der Waals surface area contributed by atoms with Crippen LogP contribution in [0, 0.1) is 22.7 Å². The number of nitriles is 2. The predicted molar refractivity (Wildman–Crippen MR) is 214 cm³/mol. The molecule has 0 N–H and O–H groups in total. The molecule has 52 heavy (non-hydrogen) atoms. The number of aryl methyl sites for hydroxylation is 1. The van der Waals surface area contributed by atoms with Crippen molar-refractivity contribution in [2.24, 2.45) is 0 Å². The van der Waals surface area contributed by atoms with E-state index in [-0.39, 0.29) is 16.9 Å². The molecule has 0 saturated carbocycles. The molecule has 258 valence electrons. The first-order valence-corrected chi connectivity index (χ1v) is 18.3. The fraction of sp³-hybridized carbons (Fsp3) is 0.277. The molecule has 5 nitrogen and oxygen atoms in total. The summed E-state index contributed by atoms with van der Waals surface area (Å²) in [6.07, 6.45) is 5.68. The smallest absolute Gasteiger partial charge is 0.141 e. The van der Waals surface area contributed by atoms with Gasteiger partial charge in [-0.3, -0.25) is 0 Å². The lowest BCUT2D eigenvalue weighted by Gasteiger charge is -2.20. The first-order valence-electron chi connectivity index (χ1n) is 18.3. The van der Waals surface area contributed by atoms with Gasteiger partial charge >= 0.3 is 0 Å². The average molecular weight is 681 g/mol. The number of para-hydroxylation sites is 2. The Balaban J connectivity index is 1.21. The molecule has 0 spiro atoms. The van der Waals surface area contributed by atoms with Crippen LogP contribution in [0.25, 0.3) is 55.0 Å². The molecule has 1 aliphatic rings. The topological polar surface area (TPSA) is 70.6 Å². The Bertz CT molecular complexity index is 2640. The van der Waals surface area contributed by atoms with Crippen LogP contribution in [0.3, 0.4) is 0 Å². The normalized spacial score (nSPS) is 14.5. The van der Waals surface area contributed by atoms with Gasteiger partial charge in [0.15, 0.2) is 0 Å². The highest BCUT2D eigenvalue weighted by Crippen LogP contribution is 2.45. The molecule has 0 bridgehead atoms. The predicted octanol–water partition coefficient (Wildman–Crippen LogP) is 12.0. The Kier molecular flexibility index (Phi) is 7.81. The van der Waals surface area contributed by atoms with Gasteiger partial charge in [0.25, 0.3) is 0 Å². The Labute approximate surface area is 305 Å². The van der Waals surface area contributed by atoms with E-state index < -0.39 is 0 Å². The summed E-state index contributed by atoms with van der Waals surface area (Å²) >= 11 is 0. The summed E-state index contributed by atoms with van der Waals surface area (Å²) in [7, 11) is 0. The monoisotopic (exact) mass is 680 g/mol. The quantitative estimate of drug-likeness (QED) is 0.134. The Hall–Kier alpha value is -5.78. The van der Waals surface area contributed by atoms with Crippen molar-refractivity contribution in [2.75, 3.05) is 0 Å². The molecule has 4 aromatic carbocycles. The highest BCUT2D eigenvalue weighted by molar-refractivity contribution is 6.09. The third-order valence-corrected chi connectivity index (χ3v) is 11.1. The minimum Gasteiger partial charge on any atom is -0.456 e. The van der Waals surface area contributed by atoms with Gasteiger partial charge in [0.2, 0.25) is 0 Å². The van der Waals surface area contributed by atoms with Gasteiger partial charge in [-0.1, -0.05) is 96.1 Å². The van der Waals surface area contributed by atoms with Crippen molar-refractivity contribution in [3.05, 3.63) is 131 Å². The number of hydrogen-bond acceptors (Lipinski definition) is 3. The first-order chi connectivity index (χ1) is 24.9. The summed E-state index contributed by atoms with van der Waals surface area (Å²) in [6.45, 7) is 16.0. The van der Waals surface area contributed by atoms with Crippen molar-refractivity contribution < 1.29 is 4.42 Å². The van der Waals surface area contributed by atoms with E-state index in [4.69, 9.17) is 4.42 Å². The summed E-state index contributed by atoms with van der Waals surface area (Å²) in [5.41, 5.74) is 11.2. The second-order valence-electron chi connectivity index (χ2n) is 16.3. The molecule has 3 aromatic heterocycles. The van der Waals surface area contributed by atoms with Crippen LogP contribution in [0.15, 0.2) is 113 Å². The second-order valence-corrected chi connectivity index (χ2v) is 16.3. The summed E-state index contributed by atoms with van der Waals surface area (Å²) in [5, 5.41) is 25.9. The van der Waals surface area contributed by atoms with Crippen molar-refractivity contribution >= 4 is 43.7 Å². The zero-order chi connectivity index (χ0) is 36.5. The molecule has 0 fully saturated rings. The third-order valence-electron chi connectivity index (χ3n) is 11.1. The van der Waals surface area contributed by atoms with E-state index in [0.29, 0.717) is 17.7 Å². The maximum absolute atomic E-state index is 10.7. The molecule has 5 heteroatoms. The van der Waals surface area contributed by atoms with Crippen molar-refractivity contribution in [3.8, 4) is 23.5 Å². The van der Waals surface area contributed by atoms with Crippen molar-refractivity contribution in [1.82, 2.24) is 9.13 Å². The molecule has 8 rings (SSSR count). The SMILES string of the molecule is CC(/C(C#N)=C(C#N)\C=C/Cn1c2c(c3ccccc31)-c1oc3ccccc3c1CC2)n1c2ccc(C(C)(C)C)cc2c2cc(C(C)(C)C)ccc21.